The summed E-state index contributed by atoms with van der Waals surface area (Å²) >= 11 is 0. The average Bonchev–Trinajstić information content (AvgIpc) is 2.05. The molecule has 0 aliphatic rings. The fourth-order valence-corrected chi connectivity index (χ4v) is 0.707. The Kier molecular flexibility index (Phi) is 2.09. The molecule has 0 saturated heterocycles. The van der Waals surface area contributed by atoms with Crippen molar-refractivity contribution in [3.63, 3.8) is 0 Å². The minimum atomic E-state index is -0.584. The van der Waals surface area contributed by atoms with Crippen LogP contribution in [-0.4, -0.2) is 17.0 Å². The van der Waals surface area contributed by atoms with Crippen molar-refractivity contribution >= 4 is 11.4 Å². The highest BCUT2D eigenvalue weighted by atomic mass is 16.6. The number of hydrogen-bond donors (Lipinski definition) is 1. The quantitative estimate of drug-likeness (QED) is 0.516. The molecule has 0 atom stereocenters. The number of anilines is 1. The second-order valence-electron chi connectivity index (χ2n) is 2.04. The summed E-state index contributed by atoms with van der Waals surface area (Å²) in [6, 6.07) is 1.18. The summed E-state index contributed by atoms with van der Waals surface area (Å²) in [7, 11) is 1.38. The lowest BCUT2D eigenvalue weighted by Crippen LogP contribution is -1.97. The van der Waals surface area contributed by atoms with Crippen molar-refractivity contribution in [3.8, 4) is 5.88 Å². The SMILES string of the molecule is COc1cc([N+](=O)[O-])c(N)cn1. The molecule has 0 bridgehead atoms. The van der Waals surface area contributed by atoms with E-state index in [1.807, 2.05) is 0 Å². The van der Waals surface area contributed by atoms with Crippen LogP contribution >= 0.6 is 0 Å². The van der Waals surface area contributed by atoms with E-state index in [0.717, 1.165) is 0 Å². The first-order chi connectivity index (χ1) is 5.65. The maximum atomic E-state index is 10.3. The number of nitrogens with zero attached hydrogens (tertiary/aromatic N) is 2. The Bertz CT molecular complexity index is 313. The van der Waals surface area contributed by atoms with Gasteiger partial charge in [0.05, 0.1) is 24.3 Å². The minimum Gasteiger partial charge on any atom is -0.481 e. The van der Waals surface area contributed by atoms with E-state index >= 15 is 0 Å². The predicted octanol–water partition coefficient (Wildman–Crippen LogP) is 0.581. The molecule has 64 valence electrons. The minimum absolute atomic E-state index is 0.0285. The Balaban J connectivity index is 3.17. The van der Waals surface area contributed by atoms with Gasteiger partial charge >= 0.3 is 0 Å². The fourth-order valence-electron chi connectivity index (χ4n) is 0.707. The number of nitrogen functional groups attached to an aromatic ring is 1. The molecule has 0 unspecified atom stereocenters. The highest BCUT2D eigenvalue weighted by Crippen LogP contribution is 2.23. The summed E-state index contributed by atoms with van der Waals surface area (Å²) in [6.45, 7) is 0. The highest BCUT2D eigenvalue weighted by molar-refractivity contribution is 5.57. The van der Waals surface area contributed by atoms with Crippen molar-refractivity contribution in [2.75, 3.05) is 12.8 Å². The third-order valence-electron chi connectivity index (χ3n) is 1.29. The standard InChI is InChI=1S/C6H7N3O3/c1-12-6-2-5(9(10)11)4(7)3-8-6/h2-3H,7H2,1H3. The summed E-state index contributed by atoms with van der Waals surface area (Å²) in [5, 5.41) is 10.3. The van der Waals surface area contributed by atoms with Crippen LogP contribution in [-0.2, 0) is 0 Å². The second-order valence-corrected chi connectivity index (χ2v) is 2.04. The third kappa shape index (κ3) is 1.42. The van der Waals surface area contributed by atoms with E-state index in [4.69, 9.17) is 5.73 Å². The Hall–Kier alpha value is -1.85. The summed E-state index contributed by atoms with van der Waals surface area (Å²) in [6.07, 6.45) is 1.19. The molecular weight excluding hydrogens is 162 g/mol. The van der Waals surface area contributed by atoms with Gasteiger partial charge < -0.3 is 10.5 Å². The van der Waals surface area contributed by atoms with E-state index in [0.29, 0.717) is 0 Å². The summed E-state index contributed by atoms with van der Waals surface area (Å²) in [5.74, 6) is 0.177. The van der Waals surface area contributed by atoms with Crippen molar-refractivity contribution in [2.45, 2.75) is 0 Å². The van der Waals surface area contributed by atoms with E-state index in [1.165, 1.54) is 19.4 Å². The molecular formula is C6H7N3O3. The van der Waals surface area contributed by atoms with E-state index in [2.05, 4.69) is 9.72 Å². The number of aromatic nitrogens is 1. The molecule has 0 fully saturated rings. The van der Waals surface area contributed by atoms with Crippen molar-refractivity contribution in [1.29, 1.82) is 0 Å². The molecule has 0 aromatic carbocycles. The van der Waals surface area contributed by atoms with Crippen LogP contribution in [0, 0.1) is 10.1 Å². The normalized spacial score (nSPS) is 9.42. The van der Waals surface area contributed by atoms with E-state index in [-0.39, 0.29) is 17.3 Å². The van der Waals surface area contributed by atoms with Crippen LogP contribution in [0.3, 0.4) is 0 Å². The van der Waals surface area contributed by atoms with Crippen LogP contribution in [0.1, 0.15) is 0 Å². The van der Waals surface area contributed by atoms with Gasteiger partial charge in [-0.05, 0) is 0 Å². The molecule has 0 amide bonds. The molecule has 1 heterocycles. The first kappa shape index (κ1) is 8.25. The van der Waals surface area contributed by atoms with Gasteiger partial charge in [0.1, 0.15) is 5.69 Å². The Morgan fingerprint density at radius 2 is 2.42 bits per heavy atom. The molecule has 6 nitrogen and oxygen atoms in total. The number of nitrogens with two attached hydrogens (primary N) is 1. The maximum Gasteiger partial charge on any atom is 0.299 e. The van der Waals surface area contributed by atoms with Gasteiger partial charge in [-0.15, -0.1) is 0 Å². The molecule has 0 saturated carbocycles. The van der Waals surface area contributed by atoms with E-state index < -0.39 is 4.92 Å². The van der Waals surface area contributed by atoms with Crippen LogP contribution in [0.2, 0.25) is 0 Å². The monoisotopic (exact) mass is 169 g/mol. The molecule has 0 spiro atoms. The number of nitro groups is 1. The van der Waals surface area contributed by atoms with Crippen molar-refractivity contribution in [2.24, 2.45) is 0 Å². The van der Waals surface area contributed by atoms with Gasteiger partial charge in [-0.3, -0.25) is 10.1 Å². The summed E-state index contributed by atoms with van der Waals surface area (Å²) in [5.41, 5.74) is 5.12. The highest BCUT2D eigenvalue weighted by Gasteiger charge is 2.12. The lowest BCUT2D eigenvalue weighted by atomic mass is 10.3. The van der Waals surface area contributed by atoms with E-state index in [1.54, 1.807) is 0 Å². The van der Waals surface area contributed by atoms with Gasteiger partial charge in [0.15, 0.2) is 0 Å². The largest absolute Gasteiger partial charge is 0.481 e. The summed E-state index contributed by atoms with van der Waals surface area (Å²) in [4.78, 5) is 13.4. The third-order valence-corrected chi connectivity index (χ3v) is 1.29. The number of hydrogen-bond acceptors (Lipinski definition) is 5. The van der Waals surface area contributed by atoms with Crippen LogP contribution in [0.15, 0.2) is 12.3 Å². The summed E-state index contributed by atoms with van der Waals surface area (Å²) < 4.78 is 4.69. The predicted molar refractivity (Wildman–Crippen MR) is 41.9 cm³/mol. The number of pyridine rings is 1. The molecule has 0 aliphatic heterocycles. The van der Waals surface area contributed by atoms with Gasteiger partial charge in [-0.1, -0.05) is 0 Å². The molecule has 1 aromatic rings. The topological polar surface area (TPSA) is 91.3 Å². The molecule has 12 heavy (non-hydrogen) atoms. The zero-order valence-electron chi connectivity index (χ0n) is 6.35. The maximum absolute atomic E-state index is 10.3. The Labute approximate surface area is 68.1 Å². The van der Waals surface area contributed by atoms with Gasteiger partial charge in [0.2, 0.25) is 5.88 Å². The average molecular weight is 169 g/mol. The van der Waals surface area contributed by atoms with Crippen molar-refractivity contribution < 1.29 is 9.66 Å². The van der Waals surface area contributed by atoms with Gasteiger partial charge in [0, 0.05) is 0 Å². The van der Waals surface area contributed by atoms with Crippen molar-refractivity contribution in [1.82, 2.24) is 4.98 Å². The van der Waals surface area contributed by atoms with E-state index in [9.17, 15) is 10.1 Å². The fraction of sp³-hybridized carbons (Fsp3) is 0.167. The number of ether oxygens (including phenoxy) is 1. The molecule has 0 aliphatic carbocycles. The Morgan fingerprint density at radius 3 is 2.92 bits per heavy atom. The Morgan fingerprint density at radius 1 is 1.75 bits per heavy atom. The molecule has 1 rings (SSSR count). The van der Waals surface area contributed by atoms with Crippen LogP contribution < -0.4 is 10.5 Å². The lowest BCUT2D eigenvalue weighted by molar-refractivity contribution is -0.384. The van der Waals surface area contributed by atoms with Gasteiger partial charge in [-0.25, -0.2) is 4.98 Å². The van der Waals surface area contributed by atoms with Crippen LogP contribution in [0.4, 0.5) is 11.4 Å². The van der Waals surface area contributed by atoms with Crippen LogP contribution in [0.5, 0.6) is 5.88 Å². The van der Waals surface area contributed by atoms with Crippen molar-refractivity contribution in [3.05, 3.63) is 22.4 Å². The number of methoxy groups -OCH3 is 1. The molecule has 6 heteroatoms. The number of rotatable bonds is 2. The van der Waals surface area contributed by atoms with Crippen LogP contribution in [0.25, 0.3) is 0 Å². The lowest BCUT2D eigenvalue weighted by Gasteiger charge is -1.99. The first-order valence-corrected chi connectivity index (χ1v) is 3.09. The first-order valence-electron chi connectivity index (χ1n) is 3.09. The second kappa shape index (κ2) is 3.04. The molecule has 1 aromatic heterocycles. The molecule has 2 N–H and O–H groups in total. The van der Waals surface area contributed by atoms with Gasteiger partial charge in [0.25, 0.3) is 5.69 Å². The van der Waals surface area contributed by atoms with Gasteiger partial charge in [-0.2, -0.15) is 0 Å². The molecule has 0 radical (unpaired) electrons. The zero-order chi connectivity index (χ0) is 9.14. The smallest absolute Gasteiger partial charge is 0.299 e. The zero-order valence-corrected chi connectivity index (χ0v) is 6.35.